The number of rotatable bonds is 6. The summed E-state index contributed by atoms with van der Waals surface area (Å²) >= 11 is 3.46. The minimum atomic E-state index is -2.91. The Kier molecular flexibility index (Phi) is 5.82. The van der Waals surface area contributed by atoms with Crippen LogP contribution in [-0.4, -0.2) is 26.0 Å². The highest BCUT2D eigenvalue weighted by atomic mass is 79.9. The van der Waals surface area contributed by atoms with Gasteiger partial charge in [0.2, 0.25) is 0 Å². The maximum absolute atomic E-state index is 11.5. The molecule has 0 heterocycles. The van der Waals surface area contributed by atoms with Gasteiger partial charge in [0, 0.05) is 22.8 Å². The fourth-order valence-electron chi connectivity index (χ4n) is 1.67. The van der Waals surface area contributed by atoms with Crippen LogP contribution >= 0.6 is 15.9 Å². The third kappa shape index (κ3) is 5.08. The molecule has 0 radical (unpaired) electrons. The maximum atomic E-state index is 11.5. The lowest BCUT2D eigenvalue weighted by molar-refractivity contribution is 0.557. The quantitative estimate of drug-likeness (QED) is 0.870. The van der Waals surface area contributed by atoms with Gasteiger partial charge in [-0.05, 0) is 31.0 Å². The van der Waals surface area contributed by atoms with E-state index in [9.17, 15) is 8.42 Å². The van der Waals surface area contributed by atoms with E-state index in [0.717, 1.165) is 10.0 Å². The van der Waals surface area contributed by atoms with Crippen LogP contribution in [0.25, 0.3) is 0 Å². The van der Waals surface area contributed by atoms with Gasteiger partial charge in [-0.3, -0.25) is 0 Å². The molecule has 18 heavy (non-hydrogen) atoms. The number of benzene rings is 1. The third-order valence-electron chi connectivity index (χ3n) is 2.82. The summed E-state index contributed by atoms with van der Waals surface area (Å²) in [6.07, 6.45) is 0. The highest BCUT2D eigenvalue weighted by Gasteiger charge is 2.13. The first-order valence-electron chi connectivity index (χ1n) is 6.03. The van der Waals surface area contributed by atoms with Crippen LogP contribution < -0.4 is 5.32 Å². The molecule has 102 valence electrons. The molecule has 0 aliphatic rings. The van der Waals surface area contributed by atoms with Crippen molar-refractivity contribution in [1.29, 1.82) is 0 Å². The average molecular weight is 334 g/mol. The second-order valence-corrected chi connectivity index (χ2v) is 7.82. The van der Waals surface area contributed by atoms with Crippen LogP contribution in [0.4, 0.5) is 0 Å². The van der Waals surface area contributed by atoms with Crippen LogP contribution in [0.1, 0.15) is 25.0 Å². The van der Waals surface area contributed by atoms with Gasteiger partial charge in [0.25, 0.3) is 0 Å². The van der Waals surface area contributed by atoms with E-state index >= 15 is 0 Å². The number of halogens is 1. The minimum Gasteiger partial charge on any atom is -0.309 e. The van der Waals surface area contributed by atoms with Gasteiger partial charge in [-0.1, -0.05) is 35.0 Å². The van der Waals surface area contributed by atoms with Gasteiger partial charge in [0.05, 0.1) is 5.75 Å². The van der Waals surface area contributed by atoms with Crippen molar-refractivity contribution in [3.63, 3.8) is 0 Å². The molecule has 1 aromatic rings. The van der Waals surface area contributed by atoms with Gasteiger partial charge >= 0.3 is 0 Å². The Bertz CT molecular complexity index is 500. The molecule has 1 atom stereocenters. The SMILES string of the molecule is CCS(=O)(=O)C[C@@H](C)NCc1ccc(Br)c(C)c1. The summed E-state index contributed by atoms with van der Waals surface area (Å²) in [5.41, 5.74) is 2.35. The van der Waals surface area contributed by atoms with Crippen LogP contribution in [0.5, 0.6) is 0 Å². The second kappa shape index (κ2) is 6.68. The first kappa shape index (κ1) is 15.7. The molecule has 5 heteroatoms. The van der Waals surface area contributed by atoms with E-state index in [2.05, 4.69) is 27.3 Å². The number of nitrogens with one attached hydrogen (secondary N) is 1. The Hall–Kier alpha value is -0.390. The molecule has 0 unspecified atom stereocenters. The van der Waals surface area contributed by atoms with Crippen molar-refractivity contribution in [1.82, 2.24) is 5.32 Å². The summed E-state index contributed by atoms with van der Waals surface area (Å²) in [4.78, 5) is 0. The fourth-order valence-corrected chi connectivity index (χ4v) is 3.03. The number of hydrogen-bond donors (Lipinski definition) is 1. The van der Waals surface area contributed by atoms with Crippen LogP contribution in [0.2, 0.25) is 0 Å². The molecule has 3 nitrogen and oxygen atoms in total. The zero-order valence-corrected chi connectivity index (χ0v) is 13.4. The molecular weight excluding hydrogens is 314 g/mol. The molecule has 0 fully saturated rings. The molecule has 0 saturated heterocycles. The molecule has 0 aliphatic heterocycles. The Labute approximate surface area is 118 Å². The van der Waals surface area contributed by atoms with Crippen LogP contribution in [0.15, 0.2) is 22.7 Å². The van der Waals surface area contributed by atoms with Gasteiger partial charge in [-0.2, -0.15) is 0 Å². The van der Waals surface area contributed by atoms with Crippen molar-refractivity contribution >= 4 is 25.8 Å². The van der Waals surface area contributed by atoms with Crippen LogP contribution in [0, 0.1) is 6.92 Å². The van der Waals surface area contributed by atoms with E-state index in [-0.39, 0.29) is 17.5 Å². The molecule has 0 aliphatic carbocycles. The zero-order valence-electron chi connectivity index (χ0n) is 11.0. The van der Waals surface area contributed by atoms with Gasteiger partial charge in [0.1, 0.15) is 0 Å². The second-order valence-electron chi connectivity index (χ2n) is 4.56. The van der Waals surface area contributed by atoms with E-state index in [4.69, 9.17) is 0 Å². The van der Waals surface area contributed by atoms with Crippen molar-refractivity contribution in [2.24, 2.45) is 0 Å². The Balaban J connectivity index is 2.52. The zero-order chi connectivity index (χ0) is 13.8. The van der Waals surface area contributed by atoms with Gasteiger partial charge in [-0.25, -0.2) is 8.42 Å². The molecule has 1 N–H and O–H groups in total. The minimum absolute atomic E-state index is 0.0288. The standard InChI is InChI=1S/C13H20BrNO2S/c1-4-18(16,17)9-11(3)15-8-12-5-6-13(14)10(2)7-12/h5-7,11,15H,4,8-9H2,1-3H3/t11-/m1/s1. The topological polar surface area (TPSA) is 46.2 Å². The summed E-state index contributed by atoms with van der Waals surface area (Å²) < 4.78 is 24.0. The first-order chi connectivity index (χ1) is 8.34. The molecular formula is C13H20BrNO2S. The lowest BCUT2D eigenvalue weighted by Crippen LogP contribution is -2.33. The number of hydrogen-bond acceptors (Lipinski definition) is 3. The molecule has 0 saturated carbocycles. The number of aryl methyl sites for hydroxylation is 1. The van der Waals surface area contributed by atoms with Crippen molar-refractivity contribution in [3.8, 4) is 0 Å². The predicted molar refractivity (Wildman–Crippen MR) is 79.5 cm³/mol. The molecule has 0 spiro atoms. The monoisotopic (exact) mass is 333 g/mol. The Morgan fingerprint density at radius 3 is 2.61 bits per heavy atom. The van der Waals surface area contributed by atoms with Gasteiger partial charge in [-0.15, -0.1) is 0 Å². The van der Waals surface area contributed by atoms with E-state index in [1.165, 1.54) is 5.56 Å². The van der Waals surface area contributed by atoms with E-state index in [0.29, 0.717) is 6.54 Å². The molecule has 1 aromatic carbocycles. The summed E-state index contributed by atoms with van der Waals surface area (Å²) in [5, 5.41) is 3.24. The average Bonchev–Trinajstić information content (AvgIpc) is 2.30. The van der Waals surface area contributed by atoms with Crippen LogP contribution in [-0.2, 0) is 16.4 Å². The maximum Gasteiger partial charge on any atom is 0.151 e. The molecule has 0 aromatic heterocycles. The van der Waals surface area contributed by atoms with E-state index in [1.54, 1.807) is 6.92 Å². The van der Waals surface area contributed by atoms with Crippen molar-refractivity contribution in [2.45, 2.75) is 33.4 Å². The van der Waals surface area contributed by atoms with E-state index in [1.807, 2.05) is 26.0 Å². The van der Waals surface area contributed by atoms with Crippen LogP contribution in [0.3, 0.4) is 0 Å². The molecule has 0 amide bonds. The smallest absolute Gasteiger partial charge is 0.151 e. The fraction of sp³-hybridized carbons (Fsp3) is 0.538. The van der Waals surface area contributed by atoms with Crippen molar-refractivity contribution < 1.29 is 8.42 Å². The van der Waals surface area contributed by atoms with Gasteiger partial charge in [0.15, 0.2) is 9.84 Å². The normalized spacial score (nSPS) is 13.6. The largest absolute Gasteiger partial charge is 0.309 e. The summed E-state index contributed by atoms with van der Waals surface area (Å²) in [5.74, 6) is 0.398. The Morgan fingerprint density at radius 1 is 1.39 bits per heavy atom. The number of sulfone groups is 1. The lowest BCUT2D eigenvalue weighted by Gasteiger charge is -2.14. The third-order valence-corrected chi connectivity index (χ3v) is 5.60. The predicted octanol–water partition coefficient (Wildman–Crippen LogP) is 2.67. The molecule has 1 rings (SSSR count). The summed E-state index contributed by atoms with van der Waals surface area (Å²) in [6.45, 7) is 6.31. The van der Waals surface area contributed by atoms with E-state index < -0.39 is 9.84 Å². The van der Waals surface area contributed by atoms with Crippen molar-refractivity contribution in [2.75, 3.05) is 11.5 Å². The highest BCUT2D eigenvalue weighted by molar-refractivity contribution is 9.10. The summed E-state index contributed by atoms with van der Waals surface area (Å²) in [7, 11) is -2.91. The van der Waals surface area contributed by atoms with Gasteiger partial charge < -0.3 is 5.32 Å². The summed E-state index contributed by atoms with van der Waals surface area (Å²) in [6, 6.07) is 6.11. The highest BCUT2D eigenvalue weighted by Crippen LogP contribution is 2.17. The molecule has 0 bridgehead atoms. The van der Waals surface area contributed by atoms with Crippen molar-refractivity contribution in [3.05, 3.63) is 33.8 Å². The Morgan fingerprint density at radius 2 is 2.06 bits per heavy atom. The first-order valence-corrected chi connectivity index (χ1v) is 8.64. The lowest BCUT2D eigenvalue weighted by atomic mass is 10.1.